The summed E-state index contributed by atoms with van der Waals surface area (Å²) in [5.74, 6) is 0.154. The number of nitrogens with one attached hydrogen (secondary N) is 2. The topological polar surface area (TPSA) is 175 Å². The van der Waals surface area contributed by atoms with Crippen molar-refractivity contribution in [1.82, 2.24) is 43.7 Å². The van der Waals surface area contributed by atoms with E-state index in [4.69, 9.17) is 14.5 Å². The van der Waals surface area contributed by atoms with Crippen LogP contribution in [0.3, 0.4) is 0 Å². The standard InChI is InChI=1S/C46H54F3N11O6/c1-55-41-31(3-2-4-35(41)60(46(55)64)36-9-10-39(61)53-45(36)63)27-15-26(16-27)23-66-37-11-13-56(21-33(37)47)19-25-5-7-28(8-6-25)59-22-34(40(54-59)42(48)49)51-44(62)32-18-50-58-14-12-38(52-43(32)58)57-20-30-17-29(57)24-65-30/h2-4,12,14,18,22,25-30,33,36-37,42H,5-11,13,15-17,19-21,23-24H2,1H3,(H,51,62)(H,53,61,63)/t25?,26?,27?,28?,29?,30-,33?,36?,37?/m1/s1. The molecule has 2 saturated carbocycles. The normalized spacial score (nSPS) is 29.3. The average Bonchev–Trinajstić information content (AvgIpc) is 4.14. The molecule has 11 rings (SSSR count). The van der Waals surface area contributed by atoms with Crippen LogP contribution in [-0.2, 0) is 26.1 Å². The smallest absolute Gasteiger partial charge is 0.329 e. The van der Waals surface area contributed by atoms with Gasteiger partial charge in [0.1, 0.15) is 23.6 Å². The molecule has 0 radical (unpaired) electrons. The molecular weight excluding hydrogens is 860 g/mol. The van der Waals surface area contributed by atoms with Crippen molar-refractivity contribution < 1.29 is 37.0 Å². The number of carbonyl (C=O) groups excluding carboxylic acids is 3. The molecule has 3 amide bonds. The molecular formula is C46H54F3N11O6. The first-order chi connectivity index (χ1) is 31.9. The van der Waals surface area contributed by atoms with Gasteiger partial charge in [-0.3, -0.25) is 38.4 Å². The summed E-state index contributed by atoms with van der Waals surface area (Å²) in [5, 5.41) is 13.6. The van der Waals surface area contributed by atoms with Gasteiger partial charge in [0.25, 0.3) is 12.3 Å². The van der Waals surface area contributed by atoms with Crippen LogP contribution in [0.1, 0.15) is 110 Å². The second kappa shape index (κ2) is 17.2. The van der Waals surface area contributed by atoms with E-state index >= 15 is 4.39 Å². The first-order valence-electron chi connectivity index (χ1n) is 23.4. The fourth-order valence-electron chi connectivity index (χ4n) is 11.6. The number of hydrogen-bond donors (Lipinski definition) is 2. The number of para-hydroxylation sites is 1. The fourth-order valence-corrected chi connectivity index (χ4v) is 11.6. The number of imidazole rings is 1. The number of imide groups is 1. The molecule has 0 spiro atoms. The number of aromatic nitrogens is 7. The summed E-state index contributed by atoms with van der Waals surface area (Å²) in [5.41, 5.74) is 2.23. The lowest BCUT2D eigenvalue weighted by Gasteiger charge is -2.40. The van der Waals surface area contributed by atoms with Crippen LogP contribution in [0, 0.1) is 11.8 Å². The quantitative estimate of drug-likeness (QED) is 0.160. The SMILES string of the molecule is Cn1c(=O)n(C2CCC(=O)NC2=O)c2cccc(C3CC(COC4CCN(CC5CCC(n6cc(NC(=O)c7cnn8ccc(N9C[C@H]%10CC9CO%10)nc78)c(C(F)F)n6)CC5)CC4F)C3)c21. The van der Waals surface area contributed by atoms with Crippen molar-refractivity contribution in [2.45, 2.75) is 113 Å². The van der Waals surface area contributed by atoms with Gasteiger partial charge in [-0.25, -0.2) is 27.5 Å². The summed E-state index contributed by atoms with van der Waals surface area (Å²) in [6, 6.07) is 7.03. The summed E-state index contributed by atoms with van der Waals surface area (Å²) in [7, 11) is 1.72. The van der Waals surface area contributed by atoms with Gasteiger partial charge in [0.2, 0.25) is 11.8 Å². The van der Waals surface area contributed by atoms with Crippen LogP contribution < -0.4 is 21.2 Å². The van der Waals surface area contributed by atoms with Gasteiger partial charge in [0.15, 0.2) is 11.3 Å². The Morgan fingerprint density at radius 2 is 1.85 bits per heavy atom. The number of rotatable bonds is 12. The molecule has 8 heterocycles. The molecule has 2 aliphatic carbocycles. The number of hydrogen-bond acceptors (Lipinski definition) is 11. The molecule has 4 saturated heterocycles. The van der Waals surface area contributed by atoms with Crippen LogP contribution >= 0.6 is 0 Å². The van der Waals surface area contributed by atoms with Gasteiger partial charge in [0.05, 0.1) is 53.8 Å². The predicted molar refractivity (Wildman–Crippen MR) is 234 cm³/mol. The third kappa shape index (κ3) is 7.87. The summed E-state index contributed by atoms with van der Waals surface area (Å²) in [6.45, 7) is 3.62. The monoisotopic (exact) mass is 913 g/mol. The molecule has 5 atom stereocenters. The van der Waals surface area contributed by atoms with Gasteiger partial charge in [-0.2, -0.15) is 10.2 Å². The fraction of sp³-hybridized carbons (Fsp3) is 0.587. The molecule has 6 fully saturated rings. The number of amides is 3. The molecule has 4 aromatic heterocycles. The van der Waals surface area contributed by atoms with E-state index in [2.05, 4.69) is 30.6 Å². The second-order valence-electron chi connectivity index (χ2n) is 19.3. The molecule has 350 valence electrons. The number of piperidine rings is 2. The Morgan fingerprint density at radius 3 is 2.59 bits per heavy atom. The highest BCUT2D eigenvalue weighted by molar-refractivity contribution is 6.08. The maximum atomic E-state index is 15.6. The average molecular weight is 914 g/mol. The second-order valence-corrected chi connectivity index (χ2v) is 19.3. The van der Waals surface area contributed by atoms with Crippen LogP contribution in [0.4, 0.5) is 24.7 Å². The highest BCUT2D eigenvalue weighted by atomic mass is 19.3. The molecule has 66 heavy (non-hydrogen) atoms. The van der Waals surface area contributed by atoms with E-state index in [1.54, 1.807) is 22.5 Å². The maximum Gasteiger partial charge on any atom is 0.329 e. The molecule has 20 heteroatoms. The Kier molecular flexibility index (Phi) is 11.2. The van der Waals surface area contributed by atoms with Gasteiger partial charge in [0, 0.05) is 58.6 Å². The molecule has 1 aromatic carbocycles. The van der Waals surface area contributed by atoms with Crippen molar-refractivity contribution in [2.24, 2.45) is 18.9 Å². The Bertz CT molecular complexity index is 2740. The van der Waals surface area contributed by atoms with Gasteiger partial charge >= 0.3 is 5.69 Å². The van der Waals surface area contributed by atoms with E-state index in [1.807, 2.05) is 24.3 Å². The van der Waals surface area contributed by atoms with Crippen molar-refractivity contribution in [1.29, 1.82) is 0 Å². The summed E-state index contributed by atoms with van der Waals surface area (Å²) < 4.78 is 62.4. The molecule has 2 N–H and O–H groups in total. The van der Waals surface area contributed by atoms with Gasteiger partial charge in [-0.15, -0.1) is 0 Å². The van der Waals surface area contributed by atoms with Crippen molar-refractivity contribution in [3.63, 3.8) is 0 Å². The molecule has 5 aromatic rings. The highest BCUT2D eigenvalue weighted by Crippen LogP contribution is 2.45. The zero-order valence-electron chi connectivity index (χ0n) is 36.7. The summed E-state index contributed by atoms with van der Waals surface area (Å²) in [4.78, 5) is 60.5. The first-order valence-corrected chi connectivity index (χ1v) is 23.4. The van der Waals surface area contributed by atoms with Gasteiger partial charge in [-0.1, -0.05) is 12.1 Å². The third-order valence-corrected chi connectivity index (χ3v) is 15.2. The minimum absolute atomic E-state index is 0.0391. The molecule has 2 bridgehead atoms. The van der Waals surface area contributed by atoms with Gasteiger partial charge in [-0.05, 0) is 93.2 Å². The Morgan fingerprint density at radius 1 is 1.02 bits per heavy atom. The molecule has 4 unspecified atom stereocenters. The van der Waals surface area contributed by atoms with E-state index in [0.717, 1.165) is 81.5 Å². The number of alkyl halides is 3. The lowest BCUT2D eigenvalue weighted by molar-refractivity contribution is -0.135. The zero-order valence-corrected chi connectivity index (χ0v) is 36.7. The van der Waals surface area contributed by atoms with Crippen molar-refractivity contribution >= 4 is 45.9 Å². The van der Waals surface area contributed by atoms with E-state index in [1.165, 1.54) is 21.5 Å². The van der Waals surface area contributed by atoms with Crippen LogP contribution in [0.5, 0.6) is 0 Å². The third-order valence-electron chi connectivity index (χ3n) is 15.2. The number of halogens is 3. The minimum atomic E-state index is -2.89. The van der Waals surface area contributed by atoms with Crippen molar-refractivity contribution in [3.8, 4) is 0 Å². The summed E-state index contributed by atoms with van der Waals surface area (Å²) >= 11 is 0. The Hall–Kier alpha value is -5.60. The van der Waals surface area contributed by atoms with E-state index in [0.29, 0.717) is 43.3 Å². The number of aryl methyl sites for hydroxylation is 1. The van der Waals surface area contributed by atoms with Crippen LogP contribution in [0.25, 0.3) is 16.7 Å². The number of ether oxygens (including phenoxy) is 2. The largest absolute Gasteiger partial charge is 0.375 e. The van der Waals surface area contributed by atoms with Gasteiger partial charge < -0.3 is 19.7 Å². The number of benzene rings is 1. The number of likely N-dealkylation sites (tertiary alicyclic amines) is 1. The van der Waals surface area contributed by atoms with E-state index in [-0.39, 0.29) is 65.7 Å². The molecule has 6 aliphatic rings. The molecule has 17 nitrogen and oxygen atoms in total. The number of nitrogens with zero attached hydrogens (tertiary/aromatic N) is 9. The van der Waals surface area contributed by atoms with Crippen molar-refractivity contribution in [3.05, 3.63) is 70.2 Å². The molecule has 4 aliphatic heterocycles. The minimum Gasteiger partial charge on any atom is -0.375 e. The zero-order chi connectivity index (χ0) is 45.4. The number of anilines is 2. The maximum absolute atomic E-state index is 15.6. The van der Waals surface area contributed by atoms with Crippen LogP contribution in [0.15, 0.2) is 47.7 Å². The number of carbonyl (C=O) groups is 3. The lowest BCUT2D eigenvalue weighted by Crippen LogP contribution is -2.48. The van der Waals surface area contributed by atoms with Crippen molar-refractivity contribution in [2.75, 3.05) is 49.6 Å². The number of fused-ring (bicyclic) bond motifs is 4. The predicted octanol–water partition coefficient (Wildman–Crippen LogP) is 5.08. The van der Waals surface area contributed by atoms with Crippen LogP contribution in [0.2, 0.25) is 0 Å². The summed E-state index contributed by atoms with van der Waals surface area (Å²) in [6.07, 6.45) is 7.18. The van der Waals surface area contributed by atoms with E-state index < -0.39 is 42.3 Å². The lowest BCUT2D eigenvalue weighted by atomic mass is 9.71. The Balaban J connectivity index is 0.646. The number of morpholine rings is 1. The first kappa shape index (κ1) is 43.0. The van der Waals surface area contributed by atoms with E-state index in [9.17, 15) is 28.0 Å². The highest BCUT2D eigenvalue weighted by Gasteiger charge is 2.41. The Labute approximate surface area is 377 Å². The van der Waals surface area contributed by atoms with Crippen LogP contribution in [-0.4, -0.2) is 120 Å².